The van der Waals surface area contributed by atoms with E-state index in [1.165, 1.54) is 7.05 Å². The van der Waals surface area contributed by atoms with Crippen molar-refractivity contribution in [1.29, 1.82) is 0 Å². The zero-order chi connectivity index (χ0) is 13.4. The van der Waals surface area contributed by atoms with E-state index < -0.39 is 0 Å². The quantitative estimate of drug-likeness (QED) is 0.823. The number of carbonyl (C=O) groups is 2. The van der Waals surface area contributed by atoms with Crippen molar-refractivity contribution in [3.63, 3.8) is 0 Å². The molecule has 0 saturated carbocycles. The van der Waals surface area contributed by atoms with Crippen molar-refractivity contribution in [1.82, 2.24) is 9.88 Å². The predicted molar refractivity (Wildman–Crippen MR) is 71.0 cm³/mol. The third-order valence-electron chi connectivity index (χ3n) is 3.23. The minimum absolute atomic E-state index is 0.240. The molecule has 0 atom stereocenters. The molecule has 1 aliphatic heterocycles. The number of nitrogens with one attached hydrogen (secondary N) is 2. The van der Waals surface area contributed by atoms with Crippen LogP contribution in [0.25, 0.3) is 0 Å². The highest BCUT2D eigenvalue weighted by Gasteiger charge is 2.32. The summed E-state index contributed by atoms with van der Waals surface area (Å²) in [5.74, 6) is -0.487. The highest BCUT2D eigenvalue weighted by atomic mass is 16.2. The first-order chi connectivity index (χ1) is 9.16. The minimum Gasteiger partial charge on any atom is -0.379 e. The SMILES string of the molecule is CN1C(=O)c2ccc(NCc3ccc[nH]3)cc2C1=O. The summed E-state index contributed by atoms with van der Waals surface area (Å²) in [6, 6.07) is 9.13. The molecule has 0 spiro atoms. The van der Waals surface area contributed by atoms with E-state index in [-0.39, 0.29) is 11.8 Å². The molecular weight excluding hydrogens is 242 g/mol. The van der Waals surface area contributed by atoms with Crippen LogP contribution in [-0.4, -0.2) is 28.7 Å². The summed E-state index contributed by atoms with van der Waals surface area (Å²) in [6.45, 7) is 0.643. The van der Waals surface area contributed by atoms with E-state index in [0.29, 0.717) is 17.7 Å². The summed E-state index contributed by atoms with van der Waals surface area (Å²) in [5.41, 5.74) is 2.81. The van der Waals surface area contributed by atoms with Gasteiger partial charge in [0.25, 0.3) is 11.8 Å². The van der Waals surface area contributed by atoms with Gasteiger partial charge in [0.15, 0.2) is 0 Å². The predicted octanol–water partition coefficient (Wildman–Crippen LogP) is 1.85. The van der Waals surface area contributed by atoms with Crippen molar-refractivity contribution in [3.05, 3.63) is 53.3 Å². The van der Waals surface area contributed by atoms with Crippen LogP contribution in [0.2, 0.25) is 0 Å². The third kappa shape index (κ3) is 1.89. The first-order valence-electron chi connectivity index (χ1n) is 5.99. The van der Waals surface area contributed by atoms with Gasteiger partial charge >= 0.3 is 0 Å². The molecule has 3 rings (SSSR count). The molecule has 5 nitrogen and oxygen atoms in total. The molecule has 2 heterocycles. The van der Waals surface area contributed by atoms with Crippen LogP contribution in [0.4, 0.5) is 5.69 Å². The van der Waals surface area contributed by atoms with E-state index >= 15 is 0 Å². The fourth-order valence-corrected chi connectivity index (χ4v) is 2.15. The van der Waals surface area contributed by atoms with E-state index in [4.69, 9.17) is 0 Å². The maximum atomic E-state index is 11.9. The lowest BCUT2D eigenvalue weighted by Crippen LogP contribution is -2.24. The summed E-state index contributed by atoms with van der Waals surface area (Å²) >= 11 is 0. The topological polar surface area (TPSA) is 65.2 Å². The lowest BCUT2D eigenvalue weighted by molar-refractivity contribution is 0.0693. The van der Waals surface area contributed by atoms with Gasteiger partial charge in [-0.25, -0.2) is 0 Å². The van der Waals surface area contributed by atoms with Crippen molar-refractivity contribution in [2.24, 2.45) is 0 Å². The Balaban J connectivity index is 1.83. The van der Waals surface area contributed by atoms with Crippen molar-refractivity contribution < 1.29 is 9.59 Å². The van der Waals surface area contributed by atoms with E-state index in [1.807, 2.05) is 24.4 Å². The minimum atomic E-state index is -0.247. The van der Waals surface area contributed by atoms with Crippen LogP contribution < -0.4 is 5.32 Å². The number of fused-ring (bicyclic) bond motifs is 1. The summed E-state index contributed by atoms with van der Waals surface area (Å²) in [7, 11) is 1.50. The van der Waals surface area contributed by atoms with Crippen LogP contribution in [0.3, 0.4) is 0 Å². The Morgan fingerprint density at radius 1 is 1.16 bits per heavy atom. The van der Waals surface area contributed by atoms with Crippen LogP contribution in [0.5, 0.6) is 0 Å². The number of imide groups is 1. The normalized spacial score (nSPS) is 13.8. The molecule has 0 unspecified atom stereocenters. The standard InChI is InChI=1S/C14H13N3O2/c1-17-13(18)11-5-4-9(7-12(11)14(17)19)16-8-10-3-2-6-15-10/h2-7,15-16H,8H2,1H3. The van der Waals surface area contributed by atoms with Gasteiger partial charge in [-0.15, -0.1) is 0 Å². The van der Waals surface area contributed by atoms with Gasteiger partial charge in [-0.1, -0.05) is 0 Å². The van der Waals surface area contributed by atoms with Crippen LogP contribution in [0.15, 0.2) is 36.5 Å². The summed E-state index contributed by atoms with van der Waals surface area (Å²) < 4.78 is 0. The van der Waals surface area contributed by atoms with Gasteiger partial charge in [0.05, 0.1) is 17.7 Å². The zero-order valence-electron chi connectivity index (χ0n) is 10.4. The molecule has 1 aliphatic rings. The van der Waals surface area contributed by atoms with Gasteiger partial charge in [-0.2, -0.15) is 0 Å². The monoisotopic (exact) mass is 255 g/mol. The maximum absolute atomic E-state index is 11.9. The van der Waals surface area contributed by atoms with Crippen LogP contribution in [0.1, 0.15) is 26.4 Å². The second kappa shape index (κ2) is 4.28. The smallest absolute Gasteiger partial charge is 0.261 e. The fourth-order valence-electron chi connectivity index (χ4n) is 2.15. The Kier molecular flexibility index (Phi) is 2.59. The third-order valence-corrected chi connectivity index (χ3v) is 3.23. The van der Waals surface area contributed by atoms with Crippen LogP contribution in [0, 0.1) is 0 Å². The maximum Gasteiger partial charge on any atom is 0.261 e. The number of aromatic amines is 1. The van der Waals surface area contributed by atoms with Gasteiger partial charge in [-0.05, 0) is 30.3 Å². The molecule has 0 aliphatic carbocycles. The van der Waals surface area contributed by atoms with E-state index in [2.05, 4.69) is 10.3 Å². The number of rotatable bonds is 3. The molecule has 0 bridgehead atoms. The molecule has 96 valence electrons. The second-order valence-corrected chi connectivity index (χ2v) is 4.48. The summed E-state index contributed by atoms with van der Waals surface area (Å²) in [4.78, 5) is 27.8. The lowest BCUT2D eigenvalue weighted by Gasteiger charge is -2.06. The summed E-state index contributed by atoms with van der Waals surface area (Å²) in [6.07, 6.45) is 1.86. The molecule has 19 heavy (non-hydrogen) atoms. The van der Waals surface area contributed by atoms with Crippen molar-refractivity contribution in [2.45, 2.75) is 6.54 Å². The number of anilines is 1. The molecule has 1 aromatic heterocycles. The Bertz CT molecular complexity index is 647. The van der Waals surface area contributed by atoms with Crippen LogP contribution in [-0.2, 0) is 6.54 Å². The Morgan fingerprint density at radius 2 is 1.95 bits per heavy atom. The number of aromatic nitrogens is 1. The van der Waals surface area contributed by atoms with E-state index in [1.54, 1.807) is 12.1 Å². The zero-order valence-corrected chi connectivity index (χ0v) is 10.4. The number of amides is 2. The molecule has 2 aromatic rings. The van der Waals surface area contributed by atoms with Crippen molar-refractivity contribution in [2.75, 3.05) is 12.4 Å². The number of benzene rings is 1. The number of hydrogen-bond donors (Lipinski definition) is 2. The molecule has 5 heteroatoms. The van der Waals surface area contributed by atoms with Gasteiger partial charge in [0.1, 0.15) is 0 Å². The Labute approximate surface area is 110 Å². The highest BCUT2D eigenvalue weighted by Crippen LogP contribution is 2.24. The molecular formula is C14H13N3O2. The van der Waals surface area contributed by atoms with Crippen LogP contribution >= 0.6 is 0 Å². The van der Waals surface area contributed by atoms with Gasteiger partial charge in [-0.3, -0.25) is 14.5 Å². The first-order valence-corrected chi connectivity index (χ1v) is 5.99. The Morgan fingerprint density at radius 3 is 2.68 bits per heavy atom. The first kappa shape index (κ1) is 11.5. The molecule has 1 aromatic carbocycles. The average Bonchev–Trinajstić information content (AvgIpc) is 3.01. The molecule has 0 fully saturated rings. The molecule has 0 saturated heterocycles. The van der Waals surface area contributed by atoms with Crippen molar-refractivity contribution >= 4 is 17.5 Å². The highest BCUT2D eigenvalue weighted by molar-refractivity contribution is 6.21. The number of H-pyrrole nitrogens is 1. The van der Waals surface area contributed by atoms with Gasteiger partial charge in [0, 0.05) is 24.6 Å². The molecule has 0 radical (unpaired) electrons. The number of hydrogen-bond acceptors (Lipinski definition) is 3. The lowest BCUT2D eigenvalue weighted by atomic mass is 10.1. The molecule has 2 amide bonds. The van der Waals surface area contributed by atoms with E-state index in [0.717, 1.165) is 16.3 Å². The number of nitrogens with zero attached hydrogens (tertiary/aromatic N) is 1. The average molecular weight is 255 g/mol. The largest absolute Gasteiger partial charge is 0.379 e. The van der Waals surface area contributed by atoms with E-state index in [9.17, 15) is 9.59 Å². The summed E-state index contributed by atoms with van der Waals surface area (Å²) in [5, 5.41) is 3.21. The molecule has 2 N–H and O–H groups in total. The number of carbonyl (C=O) groups excluding carboxylic acids is 2. The van der Waals surface area contributed by atoms with Gasteiger partial charge in [0.2, 0.25) is 0 Å². The second-order valence-electron chi connectivity index (χ2n) is 4.48. The Hall–Kier alpha value is -2.56. The fraction of sp³-hybridized carbons (Fsp3) is 0.143. The van der Waals surface area contributed by atoms with Gasteiger partial charge < -0.3 is 10.3 Å². The van der Waals surface area contributed by atoms with Crippen molar-refractivity contribution in [3.8, 4) is 0 Å².